The van der Waals surface area contributed by atoms with Crippen molar-refractivity contribution in [2.24, 2.45) is 0 Å². The van der Waals surface area contributed by atoms with Crippen LogP contribution in [0, 0.1) is 17.1 Å². The lowest BCUT2D eigenvalue weighted by molar-refractivity contribution is 0.615. The summed E-state index contributed by atoms with van der Waals surface area (Å²) >= 11 is 0. The van der Waals surface area contributed by atoms with Gasteiger partial charge >= 0.3 is 0 Å². The van der Waals surface area contributed by atoms with Gasteiger partial charge in [0.15, 0.2) is 0 Å². The molecule has 0 aliphatic carbocycles. The maximum atomic E-state index is 12.6. The van der Waals surface area contributed by atoms with E-state index in [1.54, 1.807) is 18.2 Å². The van der Waals surface area contributed by atoms with Crippen molar-refractivity contribution in [2.45, 2.75) is 6.42 Å². The number of rotatable bonds is 1. The van der Waals surface area contributed by atoms with Gasteiger partial charge in [0.2, 0.25) is 0 Å². The molecule has 1 nitrogen and oxygen atoms in total. The van der Waals surface area contributed by atoms with Gasteiger partial charge in [-0.25, -0.2) is 4.39 Å². The highest BCUT2D eigenvalue weighted by Crippen LogP contribution is 2.05. The molecule has 0 aliphatic heterocycles. The van der Waals surface area contributed by atoms with E-state index in [4.69, 9.17) is 5.26 Å². The third-order valence-corrected chi connectivity index (χ3v) is 1.23. The third kappa shape index (κ3) is 1.32. The quantitative estimate of drug-likeness (QED) is 0.541. The van der Waals surface area contributed by atoms with E-state index in [9.17, 15) is 4.39 Å². The molecule has 0 atom stereocenters. The van der Waals surface area contributed by atoms with E-state index in [0.29, 0.717) is 5.56 Å². The van der Waals surface area contributed by atoms with Gasteiger partial charge in [-0.15, -0.1) is 0 Å². The summed E-state index contributed by atoms with van der Waals surface area (Å²) in [7, 11) is 0. The van der Waals surface area contributed by atoms with Gasteiger partial charge in [-0.1, -0.05) is 18.2 Å². The van der Waals surface area contributed by atoms with Gasteiger partial charge in [0.05, 0.1) is 12.5 Å². The largest absolute Gasteiger partial charge is 0.207 e. The maximum absolute atomic E-state index is 12.6. The second-order valence-electron chi connectivity index (χ2n) is 1.93. The Balaban J connectivity index is 2.94. The zero-order valence-corrected chi connectivity index (χ0v) is 5.34. The van der Waals surface area contributed by atoms with Crippen molar-refractivity contribution in [2.75, 3.05) is 0 Å². The summed E-state index contributed by atoms with van der Waals surface area (Å²) in [5.74, 6) is -0.302. The summed E-state index contributed by atoms with van der Waals surface area (Å²) in [6.45, 7) is 0. The molecule has 50 valence electrons. The molecule has 0 radical (unpaired) electrons. The lowest BCUT2D eigenvalue weighted by atomic mass is 10.2. The number of hydrogen-bond donors (Lipinski definition) is 0. The molecule has 0 spiro atoms. The standard InChI is InChI=1S/C8H6FN/c9-8-4-2-1-3-7(8)5-6-10/h1-4H,5H2/i6+1. The van der Waals surface area contributed by atoms with Crippen molar-refractivity contribution in [1.82, 2.24) is 0 Å². The Labute approximate surface area is 58.7 Å². The molecular weight excluding hydrogens is 130 g/mol. The van der Waals surface area contributed by atoms with Gasteiger partial charge in [-0.05, 0) is 6.07 Å². The average molecular weight is 136 g/mol. The lowest BCUT2D eigenvalue weighted by Gasteiger charge is -1.93. The van der Waals surface area contributed by atoms with Crippen LogP contribution in [0.25, 0.3) is 0 Å². The van der Waals surface area contributed by atoms with E-state index in [-0.39, 0.29) is 12.2 Å². The van der Waals surface area contributed by atoms with Crippen molar-refractivity contribution in [3.63, 3.8) is 0 Å². The van der Waals surface area contributed by atoms with Crippen molar-refractivity contribution in [3.05, 3.63) is 35.6 Å². The van der Waals surface area contributed by atoms with E-state index in [0.717, 1.165) is 0 Å². The van der Waals surface area contributed by atoms with Crippen LogP contribution in [0.15, 0.2) is 24.3 Å². The normalized spacial score (nSPS) is 8.80. The minimum atomic E-state index is -0.302. The molecule has 1 aromatic rings. The van der Waals surface area contributed by atoms with Crippen molar-refractivity contribution in [3.8, 4) is 6.07 Å². The van der Waals surface area contributed by atoms with Crippen LogP contribution in [-0.4, -0.2) is 0 Å². The molecule has 0 bridgehead atoms. The summed E-state index contributed by atoms with van der Waals surface area (Å²) in [5.41, 5.74) is 0.463. The van der Waals surface area contributed by atoms with Gasteiger partial charge < -0.3 is 0 Å². The number of nitriles is 1. The highest BCUT2D eigenvalue weighted by molar-refractivity contribution is 5.19. The molecule has 1 rings (SSSR count). The SMILES string of the molecule is N#[13C]Cc1ccccc1F. The van der Waals surface area contributed by atoms with E-state index in [2.05, 4.69) is 0 Å². The zero-order valence-electron chi connectivity index (χ0n) is 5.34. The monoisotopic (exact) mass is 136 g/mol. The highest BCUT2D eigenvalue weighted by Gasteiger charge is 1.96. The first-order valence-corrected chi connectivity index (χ1v) is 2.95. The highest BCUT2D eigenvalue weighted by atomic mass is 19.1. The molecule has 0 unspecified atom stereocenters. The Morgan fingerprint density at radius 2 is 2.10 bits per heavy atom. The van der Waals surface area contributed by atoms with Gasteiger partial charge in [0.1, 0.15) is 5.82 Å². The minimum Gasteiger partial charge on any atom is -0.207 e. The Bertz CT molecular complexity index is 262. The average Bonchev–Trinajstić information content (AvgIpc) is 1.94. The van der Waals surface area contributed by atoms with E-state index >= 15 is 0 Å². The van der Waals surface area contributed by atoms with Gasteiger partial charge in [0, 0.05) is 5.56 Å². The number of benzene rings is 1. The van der Waals surface area contributed by atoms with Crippen molar-refractivity contribution >= 4 is 0 Å². The third-order valence-electron chi connectivity index (χ3n) is 1.23. The molecule has 10 heavy (non-hydrogen) atoms. The number of hydrogen-bond acceptors (Lipinski definition) is 1. The van der Waals surface area contributed by atoms with E-state index in [1.807, 2.05) is 6.07 Å². The number of nitrogens with zero attached hydrogens (tertiary/aromatic N) is 1. The maximum Gasteiger partial charge on any atom is 0.127 e. The molecule has 1 aromatic carbocycles. The molecule has 0 saturated heterocycles. The van der Waals surface area contributed by atoms with Gasteiger partial charge in [0.25, 0.3) is 0 Å². The Morgan fingerprint density at radius 1 is 1.40 bits per heavy atom. The summed E-state index contributed by atoms with van der Waals surface area (Å²) < 4.78 is 12.6. The fourth-order valence-electron chi connectivity index (χ4n) is 0.727. The predicted molar refractivity (Wildman–Crippen MR) is 35.7 cm³/mol. The second kappa shape index (κ2) is 2.98. The van der Waals surface area contributed by atoms with Crippen LogP contribution in [0.1, 0.15) is 5.56 Å². The summed E-state index contributed by atoms with van der Waals surface area (Å²) in [6, 6.07) is 8.17. The van der Waals surface area contributed by atoms with E-state index in [1.165, 1.54) is 6.07 Å². The molecule has 0 aliphatic rings. The summed E-state index contributed by atoms with van der Waals surface area (Å²) in [6.07, 6.45) is 0.146. The predicted octanol–water partition coefficient (Wildman–Crippen LogP) is 1.89. The zero-order chi connectivity index (χ0) is 7.40. The van der Waals surface area contributed by atoms with Crippen LogP contribution < -0.4 is 0 Å². The second-order valence-corrected chi connectivity index (χ2v) is 1.93. The summed E-state index contributed by atoms with van der Waals surface area (Å²) in [5, 5.41) is 8.23. The molecule has 0 N–H and O–H groups in total. The molecule has 0 heterocycles. The van der Waals surface area contributed by atoms with Crippen LogP contribution in [0.5, 0.6) is 0 Å². The van der Waals surface area contributed by atoms with Crippen LogP contribution in [0.4, 0.5) is 4.39 Å². The minimum absolute atomic E-state index is 0.146. The lowest BCUT2D eigenvalue weighted by Crippen LogP contribution is -1.85. The Kier molecular flexibility index (Phi) is 2.01. The first kappa shape index (κ1) is 6.76. The van der Waals surface area contributed by atoms with Crippen LogP contribution >= 0.6 is 0 Å². The number of halogens is 1. The van der Waals surface area contributed by atoms with Crippen molar-refractivity contribution < 1.29 is 4.39 Å². The Hall–Kier alpha value is -1.36. The van der Waals surface area contributed by atoms with Gasteiger partial charge in [-0.2, -0.15) is 5.26 Å². The molecule has 0 saturated carbocycles. The van der Waals surface area contributed by atoms with Crippen molar-refractivity contribution in [1.29, 1.82) is 5.26 Å². The van der Waals surface area contributed by atoms with E-state index < -0.39 is 0 Å². The topological polar surface area (TPSA) is 23.8 Å². The smallest absolute Gasteiger partial charge is 0.127 e. The van der Waals surface area contributed by atoms with Gasteiger partial charge in [-0.3, -0.25) is 0 Å². The first-order valence-electron chi connectivity index (χ1n) is 2.95. The first-order chi connectivity index (χ1) is 4.84. The van der Waals surface area contributed by atoms with Crippen LogP contribution in [-0.2, 0) is 6.42 Å². The molecular formula is C8H6FN. The fourth-order valence-corrected chi connectivity index (χ4v) is 0.727. The summed E-state index contributed by atoms with van der Waals surface area (Å²) in [4.78, 5) is 0. The van der Waals surface area contributed by atoms with Crippen LogP contribution in [0.2, 0.25) is 0 Å². The fraction of sp³-hybridized carbons (Fsp3) is 0.125. The molecule has 2 heteroatoms. The molecule has 0 aromatic heterocycles. The molecule has 0 fully saturated rings. The Morgan fingerprint density at radius 3 is 2.70 bits per heavy atom. The molecule has 0 amide bonds. The van der Waals surface area contributed by atoms with Crippen LogP contribution in [0.3, 0.4) is 0 Å².